The molecule has 2 fully saturated rings. The molecule has 0 aromatic heterocycles. The third kappa shape index (κ3) is 3.28. The monoisotopic (exact) mass is 386 g/mol. The van der Waals surface area contributed by atoms with Gasteiger partial charge in [0.1, 0.15) is 11.6 Å². The Kier molecular flexibility index (Phi) is 5.42. The predicted molar refractivity (Wildman–Crippen MR) is 91.3 cm³/mol. The van der Waals surface area contributed by atoms with Crippen LogP contribution in [0.1, 0.15) is 57.6 Å². The molecule has 4 atom stereocenters. The number of carbonyl (C=O) groups excluding carboxylic acids is 1. The highest BCUT2D eigenvalue weighted by Crippen LogP contribution is 2.55. The molecule has 0 radical (unpaired) electrons. The molecule has 1 amide bonds. The molecular weight excluding hydrogens is 363 g/mol. The van der Waals surface area contributed by atoms with Crippen LogP contribution in [0.5, 0.6) is 0 Å². The van der Waals surface area contributed by atoms with Crippen LogP contribution in [0.25, 0.3) is 0 Å². The molecule has 8 heteroatoms. The minimum atomic E-state index is -2.90. The molecule has 26 heavy (non-hydrogen) atoms. The Bertz CT molecular complexity index is 705. The van der Waals surface area contributed by atoms with Crippen molar-refractivity contribution in [1.29, 1.82) is 0 Å². The van der Waals surface area contributed by atoms with Gasteiger partial charge in [-0.1, -0.05) is 13.8 Å². The van der Waals surface area contributed by atoms with Gasteiger partial charge in [0, 0.05) is 16.7 Å². The van der Waals surface area contributed by atoms with Gasteiger partial charge in [-0.05, 0) is 55.2 Å². The van der Waals surface area contributed by atoms with Crippen molar-refractivity contribution in [1.82, 2.24) is 4.90 Å². The molecule has 3 rings (SSSR count). The van der Waals surface area contributed by atoms with Crippen molar-refractivity contribution < 1.29 is 27.6 Å². The van der Waals surface area contributed by atoms with E-state index < -0.39 is 32.0 Å². The van der Waals surface area contributed by atoms with Crippen molar-refractivity contribution in [3.05, 3.63) is 35.4 Å². The van der Waals surface area contributed by atoms with Crippen LogP contribution in [0.2, 0.25) is 0 Å². The lowest BCUT2D eigenvalue weighted by Crippen LogP contribution is -2.51. The third-order valence-corrected chi connectivity index (χ3v) is 6.54. The molecule has 0 aliphatic carbocycles. The number of amides is 1. The van der Waals surface area contributed by atoms with Gasteiger partial charge in [-0.2, -0.15) is 0 Å². The predicted octanol–water partition coefficient (Wildman–Crippen LogP) is 4.24. The van der Waals surface area contributed by atoms with E-state index in [1.54, 1.807) is 4.90 Å². The summed E-state index contributed by atoms with van der Waals surface area (Å²) in [6, 6.07) is 2.79. The van der Waals surface area contributed by atoms with Crippen LogP contribution >= 0.6 is 8.25 Å². The SMILES string of the molecule is CCC1(CC)C[C@@H](c2cc(F)cc(F)c2)N2C(=O)C(O[P+](=O)O)CC[C@@H]21. The van der Waals surface area contributed by atoms with E-state index in [2.05, 4.69) is 13.8 Å². The average Bonchev–Trinajstić information content (AvgIpc) is 2.92. The Morgan fingerprint density at radius 1 is 1.23 bits per heavy atom. The third-order valence-electron chi connectivity index (χ3n) is 6.11. The summed E-state index contributed by atoms with van der Waals surface area (Å²) in [4.78, 5) is 23.7. The second-order valence-corrected chi connectivity index (χ2v) is 7.85. The van der Waals surface area contributed by atoms with E-state index in [1.165, 1.54) is 12.1 Å². The second kappa shape index (κ2) is 7.29. The van der Waals surface area contributed by atoms with Crippen LogP contribution in [0.4, 0.5) is 8.78 Å². The van der Waals surface area contributed by atoms with Gasteiger partial charge < -0.3 is 4.90 Å². The molecule has 142 valence electrons. The maximum absolute atomic E-state index is 13.8. The van der Waals surface area contributed by atoms with Crippen LogP contribution in [-0.2, 0) is 13.9 Å². The van der Waals surface area contributed by atoms with Gasteiger partial charge in [0.05, 0.1) is 6.04 Å². The van der Waals surface area contributed by atoms with E-state index in [1.807, 2.05) is 0 Å². The molecule has 0 spiro atoms. The van der Waals surface area contributed by atoms with E-state index in [-0.39, 0.29) is 17.4 Å². The van der Waals surface area contributed by atoms with E-state index in [0.29, 0.717) is 24.8 Å². The molecule has 2 aliphatic rings. The topological polar surface area (TPSA) is 66.8 Å². The molecule has 1 N–H and O–H groups in total. The first-order valence-electron chi connectivity index (χ1n) is 8.92. The Morgan fingerprint density at radius 2 is 1.85 bits per heavy atom. The lowest BCUT2D eigenvalue weighted by molar-refractivity contribution is -0.148. The molecule has 2 unspecified atom stereocenters. The number of nitrogens with zero attached hydrogens (tertiary/aromatic N) is 1. The number of rotatable bonds is 5. The summed E-state index contributed by atoms with van der Waals surface area (Å²) in [6.45, 7) is 4.13. The van der Waals surface area contributed by atoms with Crippen molar-refractivity contribution in [3.63, 3.8) is 0 Å². The standard InChI is InChI=1S/C18H22F2NO4P/c1-3-18(4-2)10-14(11-7-12(19)9-13(20)8-11)21-16(18)6-5-15(17(21)22)25-26(23)24/h7-9,14-16H,3-6,10H2,1-2H3/p+1/t14-,15?,16+/m0/s1. The maximum Gasteiger partial charge on any atom is 0.695 e. The first-order chi connectivity index (χ1) is 12.3. The number of carbonyl (C=O) groups is 1. The highest BCUT2D eigenvalue weighted by molar-refractivity contribution is 7.32. The molecule has 1 aromatic carbocycles. The van der Waals surface area contributed by atoms with Crippen molar-refractivity contribution >= 4 is 14.2 Å². The van der Waals surface area contributed by atoms with Gasteiger partial charge in [0.25, 0.3) is 5.91 Å². The number of halogens is 2. The van der Waals surface area contributed by atoms with Gasteiger partial charge in [0.2, 0.25) is 0 Å². The molecule has 2 aliphatic heterocycles. The fourth-order valence-corrected chi connectivity index (χ4v) is 5.16. The Morgan fingerprint density at radius 3 is 2.38 bits per heavy atom. The fraction of sp³-hybridized carbons (Fsp3) is 0.611. The first-order valence-corrected chi connectivity index (χ1v) is 10.1. The lowest BCUT2D eigenvalue weighted by atomic mass is 9.72. The highest BCUT2D eigenvalue weighted by Gasteiger charge is 2.56. The normalized spacial score (nSPS) is 28.2. The maximum atomic E-state index is 13.8. The van der Waals surface area contributed by atoms with Crippen LogP contribution in [0, 0.1) is 17.0 Å². The molecule has 0 bridgehead atoms. The lowest BCUT2D eigenvalue weighted by Gasteiger charge is -2.41. The molecule has 5 nitrogen and oxygen atoms in total. The quantitative estimate of drug-likeness (QED) is 0.769. The zero-order valence-electron chi connectivity index (χ0n) is 14.8. The van der Waals surface area contributed by atoms with Gasteiger partial charge in [-0.3, -0.25) is 4.79 Å². The van der Waals surface area contributed by atoms with Crippen LogP contribution in [0.3, 0.4) is 0 Å². The molecular formula is C18H23F2NO4P+. The van der Waals surface area contributed by atoms with Gasteiger partial charge in [-0.15, -0.1) is 9.42 Å². The van der Waals surface area contributed by atoms with Crippen LogP contribution in [0.15, 0.2) is 18.2 Å². The zero-order chi connectivity index (χ0) is 19.1. The summed E-state index contributed by atoms with van der Waals surface area (Å²) in [6.07, 6.45) is 2.30. The van der Waals surface area contributed by atoms with Crippen molar-refractivity contribution in [2.24, 2.45) is 5.41 Å². The molecule has 1 aromatic rings. The summed E-state index contributed by atoms with van der Waals surface area (Å²) < 4.78 is 43.5. The first kappa shape index (κ1) is 19.3. The van der Waals surface area contributed by atoms with E-state index in [9.17, 15) is 18.1 Å². The zero-order valence-corrected chi connectivity index (χ0v) is 15.7. The number of benzene rings is 1. The van der Waals surface area contributed by atoms with Crippen molar-refractivity contribution in [2.45, 2.75) is 64.1 Å². The summed E-state index contributed by atoms with van der Waals surface area (Å²) in [5.74, 6) is -1.74. The minimum Gasteiger partial charge on any atom is -0.330 e. The molecule has 0 saturated carbocycles. The number of fused-ring (bicyclic) bond motifs is 1. The number of hydrogen-bond acceptors (Lipinski definition) is 3. The minimum absolute atomic E-state index is 0.0715. The molecule has 2 heterocycles. The van der Waals surface area contributed by atoms with Gasteiger partial charge >= 0.3 is 8.25 Å². The largest absolute Gasteiger partial charge is 0.695 e. The van der Waals surface area contributed by atoms with Gasteiger partial charge in [-0.25, -0.2) is 8.78 Å². The summed E-state index contributed by atoms with van der Waals surface area (Å²) in [5, 5.41) is 0. The Labute approximate surface area is 152 Å². The highest BCUT2D eigenvalue weighted by atomic mass is 31.1. The van der Waals surface area contributed by atoms with Crippen LogP contribution < -0.4 is 0 Å². The smallest absolute Gasteiger partial charge is 0.330 e. The molecule has 2 saturated heterocycles. The van der Waals surface area contributed by atoms with Gasteiger partial charge in [0.15, 0.2) is 6.10 Å². The average molecular weight is 386 g/mol. The summed E-state index contributed by atoms with van der Waals surface area (Å²) in [7, 11) is -2.90. The fourth-order valence-electron chi connectivity index (χ4n) is 4.75. The van der Waals surface area contributed by atoms with E-state index in [0.717, 1.165) is 18.9 Å². The van der Waals surface area contributed by atoms with Crippen molar-refractivity contribution in [2.75, 3.05) is 0 Å². The number of hydrogen-bond donors (Lipinski definition) is 1. The summed E-state index contributed by atoms with van der Waals surface area (Å²) in [5.41, 5.74) is 0.272. The second-order valence-electron chi connectivity index (χ2n) is 7.16. The van der Waals surface area contributed by atoms with Crippen LogP contribution in [-0.4, -0.2) is 27.8 Å². The number of piperidine rings is 1. The van der Waals surface area contributed by atoms with E-state index in [4.69, 9.17) is 9.42 Å². The van der Waals surface area contributed by atoms with E-state index >= 15 is 0 Å². The Balaban J connectivity index is 2.02. The Hall–Kier alpha value is -1.43. The van der Waals surface area contributed by atoms with Crippen molar-refractivity contribution in [3.8, 4) is 0 Å². The summed E-state index contributed by atoms with van der Waals surface area (Å²) >= 11 is 0.